The average Bonchev–Trinajstić information content (AvgIpc) is 3.12. The van der Waals surface area contributed by atoms with Gasteiger partial charge in [-0.05, 0) is 36.3 Å². The van der Waals surface area contributed by atoms with Crippen molar-refractivity contribution < 1.29 is 0 Å². The first-order chi connectivity index (χ1) is 13.2. The lowest BCUT2D eigenvalue weighted by atomic mass is 9.97. The maximum atomic E-state index is 9.04. The lowest BCUT2D eigenvalue weighted by molar-refractivity contribution is 0.423. The van der Waals surface area contributed by atoms with Crippen molar-refractivity contribution in [1.29, 1.82) is 5.26 Å². The van der Waals surface area contributed by atoms with Crippen LogP contribution in [0.4, 0.5) is 5.69 Å². The summed E-state index contributed by atoms with van der Waals surface area (Å²) in [4.78, 5) is 6.00. The highest BCUT2D eigenvalue weighted by atomic mass is 35.5. The quantitative estimate of drug-likeness (QED) is 0.618. The van der Waals surface area contributed by atoms with Crippen molar-refractivity contribution in [2.45, 2.75) is 57.5 Å². The van der Waals surface area contributed by atoms with Crippen molar-refractivity contribution in [3.8, 4) is 6.07 Å². The van der Waals surface area contributed by atoms with E-state index in [2.05, 4.69) is 25.7 Å². The van der Waals surface area contributed by atoms with Gasteiger partial charge in [0.2, 0.25) is 5.96 Å². The zero-order chi connectivity index (χ0) is 19.1. The van der Waals surface area contributed by atoms with Crippen LogP contribution >= 0.6 is 11.6 Å². The fourth-order valence-electron chi connectivity index (χ4n) is 3.12. The standard InChI is InChI=1S/C18H23ClN8/c19-16-10-15(9-8-13(16)11-20)23-18(27-25-17(12-21)24-26-27)22-14-6-4-2-1-3-5-7-14/h8-10,14H,1-7,12,21H2,(H,22,23). The van der Waals surface area contributed by atoms with E-state index in [9.17, 15) is 0 Å². The minimum absolute atomic E-state index is 0.208. The van der Waals surface area contributed by atoms with Crippen LogP contribution in [0.1, 0.15) is 56.3 Å². The molecule has 0 aliphatic heterocycles. The third-order valence-corrected chi connectivity index (χ3v) is 4.89. The Labute approximate surface area is 163 Å². The number of nitrogens with two attached hydrogens (primary N) is 1. The summed E-state index contributed by atoms with van der Waals surface area (Å²) in [5.74, 6) is 0.925. The maximum absolute atomic E-state index is 9.04. The molecular formula is C18H23ClN8. The predicted octanol–water partition coefficient (Wildman–Crippen LogP) is 2.90. The summed E-state index contributed by atoms with van der Waals surface area (Å²) in [6, 6.07) is 7.39. The first-order valence-electron chi connectivity index (χ1n) is 9.24. The third-order valence-electron chi connectivity index (χ3n) is 4.57. The fraction of sp³-hybridized carbons (Fsp3) is 0.500. The highest BCUT2D eigenvalue weighted by Crippen LogP contribution is 2.23. The summed E-state index contributed by atoms with van der Waals surface area (Å²) >= 11 is 6.14. The van der Waals surface area contributed by atoms with E-state index >= 15 is 0 Å². The molecule has 8 nitrogen and oxygen atoms in total. The number of halogens is 1. The number of hydrogen-bond donors (Lipinski definition) is 2. The molecule has 0 unspecified atom stereocenters. The number of benzene rings is 1. The number of aliphatic imine (C=N–C) groups is 1. The summed E-state index contributed by atoms with van der Waals surface area (Å²) in [5.41, 5.74) is 6.62. The van der Waals surface area contributed by atoms with E-state index in [0.717, 1.165) is 12.8 Å². The van der Waals surface area contributed by atoms with Gasteiger partial charge in [0.15, 0.2) is 5.82 Å². The molecule has 27 heavy (non-hydrogen) atoms. The number of nitrogens with one attached hydrogen (secondary N) is 1. The Morgan fingerprint density at radius 3 is 2.67 bits per heavy atom. The van der Waals surface area contributed by atoms with Gasteiger partial charge in [0.05, 0.1) is 22.8 Å². The molecule has 142 valence electrons. The molecule has 0 amide bonds. The summed E-state index contributed by atoms with van der Waals surface area (Å²) in [6.45, 7) is 0.208. The molecule has 0 saturated heterocycles. The third kappa shape index (κ3) is 5.25. The monoisotopic (exact) mass is 386 g/mol. The second-order valence-electron chi connectivity index (χ2n) is 6.60. The molecule has 1 aromatic carbocycles. The van der Waals surface area contributed by atoms with Crippen molar-refractivity contribution in [3.63, 3.8) is 0 Å². The van der Waals surface area contributed by atoms with Crippen molar-refractivity contribution in [1.82, 2.24) is 25.5 Å². The first-order valence-corrected chi connectivity index (χ1v) is 9.61. The zero-order valence-corrected chi connectivity index (χ0v) is 15.9. The molecule has 1 saturated carbocycles. The number of nitriles is 1. The molecule has 3 N–H and O–H groups in total. The first kappa shape index (κ1) is 19.3. The summed E-state index contributed by atoms with van der Waals surface area (Å²) in [5, 5.41) is 25.2. The Hall–Kier alpha value is -2.50. The summed E-state index contributed by atoms with van der Waals surface area (Å²) in [7, 11) is 0. The average molecular weight is 387 g/mol. The van der Waals surface area contributed by atoms with Gasteiger partial charge < -0.3 is 11.1 Å². The Bertz CT molecular complexity index is 830. The van der Waals surface area contributed by atoms with E-state index in [1.165, 1.54) is 36.9 Å². The number of tetrazole rings is 1. The van der Waals surface area contributed by atoms with Crippen LogP contribution in [0, 0.1) is 11.3 Å². The second kappa shape index (κ2) is 9.44. The smallest absolute Gasteiger partial charge is 0.245 e. The molecule has 1 fully saturated rings. The Morgan fingerprint density at radius 1 is 1.30 bits per heavy atom. The molecule has 0 atom stereocenters. The van der Waals surface area contributed by atoms with Gasteiger partial charge in [-0.3, -0.25) is 0 Å². The van der Waals surface area contributed by atoms with Crippen molar-refractivity contribution >= 4 is 23.2 Å². The Kier molecular flexibility index (Phi) is 6.74. The minimum Gasteiger partial charge on any atom is -0.350 e. The van der Waals surface area contributed by atoms with Gasteiger partial charge in [0.1, 0.15) is 6.07 Å². The molecule has 2 aromatic rings. The van der Waals surface area contributed by atoms with Crippen LogP contribution in [0.15, 0.2) is 23.2 Å². The lowest BCUT2D eigenvalue weighted by Gasteiger charge is -2.22. The molecule has 1 heterocycles. The van der Waals surface area contributed by atoms with Crippen molar-refractivity contribution in [2.75, 3.05) is 0 Å². The van der Waals surface area contributed by atoms with Crippen LogP contribution in [-0.4, -0.2) is 32.2 Å². The molecular weight excluding hydrogens is 364 g/mol. The lowest BCUT2D eigenvalue weighted by Crippen LogP contribution is -2.40. The second-order valence-corrected chi connectivity index (χ2v) is 7.00. The van der Waals surface area contributed by atoms with Gasteiger partial charge in [-0.25, -0.2) is 4.99 Å². The van der Waals surface area contributed by atoms with Gasteiger partial charge in [-0.15, -0.1) is 10.2 Å². The molecule has 0 spiro atoms. The van der Waals surface area contributed by atoms with Crippen LogP contribution in [0.2, 0.25) is 5.02 Å². The van der Waals surface area contributed by atoms with Crippen LogP contribution in [0.25, 0.3) is 0 Å². The van der Waals surface area contributed by atoms with E-state index in [-0.39, 0.29) is 6.54 Å². The van der Waals surface area contributed by atoms with Crippen molar-refractivity contribution in [2.24, 2.45) is 10.7 Å². The van der Waals surface area contributed by atoms with E-state index in [0.29, 0.717) is 34.1 Å². The minimum atomic E-state index is 0.208. The fourth-order valence-corrected chi connectivity index (χ4v) is 3.34. The SMILES string of the molecule is N#Cc1ccc(N=C(NC2CCCCCCC2)n2nnc(CN)n2)cc1Cl. The van der Waals surface area contributed by atoms with E-state index in [4.69, 9.17) is 22.6 Å². The van der Waals surface area contributed by atoms with Gasteiger partial charge in [0, 0.05) is 6.04 Å². The van der Waals surface area contributed by atoms with Gasteiger partial charge in [-0.1, -0.05) is 48.5 Å². The zero-order valence-electron chi connectivity index (χ0n) is 15.1. The van der Waals surface area contributed by atoms with Crippen LogP contribution in [0.5, 0.6) is 0 Å². The largest absolute Gasteiger partial charge is 0.350 e. The van der Waals surface area contributed by atoms with Crippen LogP contribution < -0.4 is 11.1 Å². The Morgan fingerprint density at radius 2 is 2.04 bits per heavy atom. The number of hydrogen-bond acceptors (Lipinski definition) is 6. The number of rotatable bonds is 3. The van der Waals surface area contributed by atoms with Crippen molar-refractivity contribution in [3.05, 3.63) is 34.6 Å². The van der Waals surface area contributed by atoms with Gasteiger partial charge in [0.25, 0.3) is 0 Å². The molecule has 0 bridgehead atoms. The number of nitrogens with zero attached hydrogens (tertiary/aromatic N) is 6. The topological polar surface area (TPSA) is 118 Å². The maximum Gasteiger partial charge on any atom is 0.245 e. The molecule has 0 radical (unpaired) electrons. The highest BCUT2D eigenvalue weighted by molar-refractivity contribution is 6.32. The summed E-state index contributed by atoms with van der Waals surface area (Å²) in [6.07, 6.45) is 8.35. The number of aromatic nitrogens is 4. The van der Waals surface area contributed by atoms with E-state index in [1.807, 2.05) is 6.07 Å². The molecule has 9 heteroatoms. The summed E-state index contributed by atoms with van der Waals surface area (Å²) < 4.78 is 0. The highest BCUT2D eigenvalue weighted by Gasteiger charge is 2.16. The van der Waals surface area contributed by atoms with Gasteiger partial charge >= 0.3 is 0 Å². The Balaban J connectivity index is 1.89. The molecule has 3 rings (SSSR count). The van der Waals surface area contributed by atoms with E-state index in [1.54, 1.807) is 18.2 Å². The normalized spacial score (nSPS) is 16.4. The molecule has 1 aromatic heterocycles. The van der Waals surface area contributed by atoms with Gasteiger partial charge in [-0.2, -0.15) is 5.26 Å². The van der Waals surface area contributed by atoms with E-state index < -0.39 is 0 Å². The van der Waals surface area contributed by atoms with Crippen LogP contribution in [0.3, 0.4) is 0 Å². The molecule has 1 aliphatic rings. The molecule has 1 aliphatic carbocycles. The van der Waals surface area contributed by atoms with Crippen LogP contribution in [-0.2, 0) is 6.54 Å². The predicted molar refractivity (Wildman–Crippen MR) is 104 cm³/mol.